The molecule has 2 atom stereocenters. The average molecular weight is 370 g/mol. The summed E-state index contributed by atoms with van der Waals surface area (Å²) in [5, 5.41) is 3.37. The second-order valence-corrected chi connectivity index (χ2v) is 9.81. The van der Waals surface area contributed by atoms with Crippen molar-refractivity contribution in [3.63, 3.8) is 0 Å². The smallest absolute Gasteiger partial charge is 0.252 e. The maximum absolute atomic E-state index is 13.0. The molecule has 2 aromatic rings. The quantitative estimate of drug-likeness (QED) is 0.882. The molecule has 1 unspecified atom stereocenters. The maximum Gasteiger partial charge on any atom is 0.252 e. The fourth-order valence-electron chi connectivity index (χ4n) is 3.43. The number of hydrogen-bond donors (Lipinski definition) is 1. The Bertz CT molecular complexity index is 837. The maximum atomic E-state index is 13.0. The average Bonchev–Trinajstić information content (AvgIpc) is 3.13. The summed E-state index contributed by atoms with van der Waals surface area (Å²) in [5.74, 6) is 0.523. The highest BCUT2D eigenvalue weighted by atomic mass is 35.5. The first-order valence-corrected chi connectivity index (χ1v) is 10.1. The van der Waals surface area contributed by atoms with Crippen LogP contribution in [0.25, 0.3) is 0 Å². The number of pyridine rings is 1. The van der Waals surface area contributed by atoms with Crippen LogP contribution in [0, 0.1) is 5.92 Å². The highest BCUT2D eigenvalue weighted by molar-refractivity contribution is 7.91. The Morgan fingerprint density at radius 2 is 2.17 bits per heavy atom. The van der Waals surface area contributed by atoms with Crippen molar-refractivity contribution in [3.05, 3.63) is 46.1 Å². The third-order valence-electron chi connectivity index (χ3n) is 4.54. The summed E-state index contributed by atoms with van der Waals surface area (Å²) in [6.45, 7) is 2.55. The largest absolute Gasteiger partial charge is 0.316 e. The van der Waals surface area contributed by atoms with Crippen LogP contribution in [-0.2, 0) is 16.6 Å². The van der Waals surface area contributed by atoms with E-state index in [2.05, 4.69) is 10.3 Å². The minimum Gasteiger partial charge on any atom is -0.316 e. The summed E-state index contributed by atoms with van der Waals surface area (Å²) >= 11 is 7.03. The Morgan fingerprint density at radius 1 is 1.30 bits per heavy atom. The van der Waals surface area contributed by atoms with Crippen molar-refractivity contribution in [1.29, 1.82) is 0 Å². The van der Waals surface area contributed by atoms with E-state index in [0.29, 0.717) is 21.6 Å². The van der Waals surface area contributed by atoms with Gasteiger partial charge in [0.2, 0.25) is 0 Å². The summed E-state index contributed by atoms with van der Waals surface area (Å²) in [6.07, 6.45) is 1.79. The third kappa shape index (κ3) is 2.70. The van der Waals surface area contributed by atoms with Gasteiger partial charge in [-0.1, -0.05) is 17.7 Å². The van der Waals surface area contributed by atoms with E-state index in [4.69, 9.17) is 11.6 Å². The van der Waals surface area contributed by atoms with Gasteiger partial charge in [0.05, 0.1) is 4.34 Å². The van der Waals surface area contributed by atoms with Crippen molar-refractivity contribution in [2.75, 3.05) is 19.6 Å². The van der Waals surface area contributed by atoms with Gasteiger partial charge in [-0.25, -0.2) is 8.42 Å². The highest BCUT2D eigenvalue weighted by Gasteiger charge is 2.39. The van der Waals surface area contributed by atoms with E-state index in [-0.39, 0.29) is 11.8 Å². The Hall–Kier alpha value is -0.990. The fraction of sp³-hybridized carbons (Fsp3) is 0.400. The van der Waals surface area contributed by atoms with Crippen LogP contribution in [0.15, 0.2) is 34.7 Å². The van der Waals surface area contributed by atoms with Crippen molar-refractivity contribution < 1.29 is 8.42 Å². The monoisotopic (exact) mass is 369 g/mol. The second-order valence-electron chi connectivity index (χ2n) is 5.93. The molecule has 8 heteroatoms. The molecule has 0 saturated carbocycles. The van der Waals surface area contributed by atoms with Crippen LogP contribution in [0.4, 0.5) is 0 Å². The summed E-state index contributed by atoms with van der Waals surface area (Å²) in [7, 11) is -3.53. The Kier molecular flexibility index (Phi) is 3.93. The molecule has 0 spiro atoms. The zero-order chi connectivity index (χ0) is 16.0. The van der Waals surface area contributed by atoms with Gasteiger partial charge in [-0.3, -0.25) is 4.98 Å². The van der Waals surface area contributed by atoms with Crippen molar-refractivity contribution in [2.24, 2.45) is 5.92 Å². The van der Waals surface area contributed by atoms with Gasteiger partial charge >= 0.3 is 0 Å². The highest BCUT2D eigenvalue weighted by Crippen LogP contribution is 2.36. The molecule has 1 fully saturated rings. The van der Waals surface area contributed by atoms with E-state index in [0.717, 1.165) is 35.7 Å². The molecule has 0 radical (unpaired) electrons. The molecule has 0 aliphatic carbocycles. The van der Waals surface area contributed by atoms with Gasteiger partial charge in [-0.05, 0) is 36.2 Å². The zero-order valence-electron chi connectivity index (χ0n) is 12.3. The van der Waals surface area contributed by atoms with E-state index in [1.807, 2.05) is 12.1 Å². The normalized spacial score (nSPS) is 24.9. The van der Waals surface area contributed by atoms with Crippen LogP contribution < -0.4 is 5.32 Å². The molecular weight excluding hydrogens is 354 g/mol. The van der Waals surface area contributed by atoms with Crippen molar-refractivity contribution in [2.45, 2.75) is 16.7 Å². The first-order valence-electron chi connectivity index (χ1n) is 7.45. The number of halogens is 1. The second kappa shape index (κ2) is 5.82. The molecule has 2 aliphatic rings. The van der Waals surface area contributed by atoms with E-state index < -0.39 is 10.0 Å². The molecule has 122 valence electrons. The predicted molar refractivity (Wildman–Crippen MR) is 90.3 cm³/mol. The minimum absolute atomic E-state index is 0.247. The van der Waals surface area contributed by atoms with E-state index in [1.54, 1.807) is 22.6 Å². The van der Waals surface area contributed by atoms with Crippen LogP contribution >= 0.6 is 22.9 Å². The van der Waals surface area contributed by atoms with Crippen molar-refractivity contribution >= 4 is 33.0 Å². The number of thiophene rings is 1. The fourth-order valence-corrected chi connectivity index (χ4v) is 6.54. The van der Waals surface area contributed by atoms with Crippen molar-refractivity contribution in [1.82, 2.24) is 14.6 Å². The first-order chi connectivity index (χ1) is 11.1. The summed E-state index contributed by atoms with van der Waals surface area (Å²) in [4.78, 5) is 4.54. The van der Waals surface area contributed by atoms with Gasteiger partial charge in [0.1, 0.15) is 4.21 Å². The first kappa shape index (κ1) is 15.5. The van der Waals surface area contributed by atoms with Crippen LogP contribution in [-0.4, -0.2) is 37.3 Å². The van der Waals surface area contributed by atoms with Gasteiger partial charge in [-0.15, -0.1) is 11.3 Å². The van der Waals surface area contributed by atoms with Gasteiger partial charge in [-0.2, -0.15) is 4.31 Å². The molecule has 0 amide bonds. The Morgan fingerprint density at radius 3 is 2.96 bits per heavy atom. The lowest BCUT2D eigenvalue weighted by Crippen LogP contribution is -2.34. The number of hydrogen-bond acceptors (Lipinski definition) is 5. The molecule has 1 N–H and O–H groups in total. The number of fused-ring (bicyclic) bond motifs is 3. The lowest BCUT2D eigenvalue weighted by molar-refractivity contribution is 0.350. The Labute approximate surface area is 144 Å². The number of sulfonamides is 1. The van der Waals surface area contributed by atoms with Crippen LogP contribution in [0.1, 0.15) is 17.2 Å². The molecule has 23 heavy (non-hydrogen) atoms. The topological polar surface area (TPSA) is 62.3 Å². The number of nitrogens with one attached hydrogen (secondary N) is 1. The molecule has 0 aromatic carbocycles. The third-order valence-corrected chi connectivity index (χ3v) is 8.05. The molecule has 1 saturated heterocycles. The Balaban J connectivity index is 1.76. The standard InChI is InChI=1S/C15H16ClN3O2S2/c16-13-3-4-14(22-13)23(20,21)19-8-10-2-1-5-18-15(10)12-7-17-6-11(12)9-19/h1-5,11-12,17H,6-9H2/t11?,12-/m1/s1. The summed E-state index contributed by atoms with van der Waals surface area (Å²) < 4.78 is 28.3. The van der Waals surface area contributed by atoms with Crippen molar-refractivity contribution in [3.8, 4) is 0 Å². The molecule has 4 heterocycles. The molecule has 2 aromatic heterocycles. The molecule has 5 nitrogen and oxygen atoms in total. The lowest BCUT2D eigenvalue weighted by atomic mass is 9.91. The SMILES string of the molecule is O=S(=O)(c1ccc(Cl)s1)N1Cc2cccnc2[C@@H]2CNCC2C1. The van der Waals surface area contributed by atoms with Crippen LogP contribution in [0.2, 0.25) is 4.34 Å². The van der Waals surface area contributed by atoms with Gasteiger partial charge < -0.3 is 5.32 Å². The van der Waals surface area contributed by atoms with Crippen LogP contribution in [0.3, 0.4) is 0 Å². The van der Waals surface area contributed by atoms with E-state index in [9.17, 15) is 8.42 Å². The summed E-state index contributed by atoms with van der Waals surface area (Å²) in [5.41, 5.74) is 2.03. The molecule has 4 rings (SSSR count). The van der Waals surface area contributed by atoms with E-state index in [1.165, 1.54) is 0 Å². The van der Waals surface area contributed by atoms with E-state index >= 15 is 0 Å². The predicted octanol–water partition coefficient (Wildman–Crippen LogP) is 2.30. The lowest BCUT2D eigenvalue weighted by Gasteiger charge is -2.22. The molecule has 0 bridgehead atoms. The van der Waals surface area contributed by atoms with Crippen LogP contribution in [0.5, 0.6) is 0 Å². The molecule has 2 aliphatic heterocycles. The summed E-state index contributed by atoms with van der Waals surface area (Å²) in [6, 6.07) is 7.06. The zero-order valence-corrected chi connectivity index (χ0v) is 14.7. The minimum atomic E-state index is -3.53. The number of rotatable bonds is 2. The van der Waals surface area contributed by atoms with Gasteiger partial charge in [0.25, 0.3) is 10.0 Å². The number of nitrogens with zero attached hydrogens (tertiary/aromatic N) is 2. The number of aromatic nitrogens is 1. The molecular formula is C15H16ClN3O2S2. The van der Waals surface area contributed by atoms with Gasteiger partial charge in [0, 0.05) is 37.4 Å². The van der Waals surface area contributed by atoms with Gasteiger partial charge in [0.15, 0.2) is 0 Å².